The maximum absolute atomic E-state index is 13.0. The number of carboxylic acids is 1. The first-order valence-corrected chi connectivity index (χ1v) is 7.08. The second kappa shape index (κ2) is 6.08. The lowest BCUT2D eigenvalue weighted by Crippen LogP contribution is -2.46. The number of carbonyl (C=O) groups excluding carboxylic acids is 1. The average Bonchev–Trinajstić information content (AvgIpc) is 2.53. The summed E-state index contributed by atoms with van der Waals surface area (Å²) < 4.78 is 18.5. The van der Waals surface area contributed by atoms with Crippen molar-refractivity contribution in [3.05, 3.63) is 59.9 Å². The molecule has 3 rings (SSSR count). The predicted molar refractivity (Wildman–Crippen MR) is 80.7 cm³/mol. The van der Waals surface area contributed by atoms with Crippen molar-refractivity contribution >= 4 is 17.6 Å². The number of aliphatic carboxylic acids is 1. The molecular formula is C17H14FNO4. The fourth-order valence-electron chi connectivity index (χ4n) is 2.50. The van der Waals surface area contributed by atoms with Crippen LogP contribution in [-0.4, -0.2) is 23.1 Å². The zero-order chi connectivity index (χ0) is 16.4. The molecule has 0 radical (unpaired) electrons. The number of hydrogen-bond acceptors (Lipinski definition) is 3. The zero-order valence-corrected chi connectivity index (χ0v) is 12.1. The molecule has 118 valence electrons. The molecule has 0 aliphatic carbocycles. The van der Waals surface area contributed by atoms with Crippen LogP contribution in [0.2, 0.25) is 0 Å². The van der Waals surface area contributed by atoms with E-state index >= 15 is 0 Å². The third-order valence-electron chi connectivity index (χ3n) is 3.58. The Morgan fingerprint density at radius 3 is 2.57 bits per heavy atom. The van der Waals surface area contributed by atoms with Crippen LogP contribution in [0.25, 0.3) is 0 Å². The van der Waals surface area contributed by atoms with Crippen LogP contribution in [0.4, 0.5) is 10.1 Å². The van der Waals surface area contributed by atoms with E-state index in [1.165, 1.54) is 17.0 Å². The third-order valence-corrected chi connectivity index (χ3v) is 3.58. The van der Waals surface area contributed by atoms with Gasteiger partial charge in [0.25, 0.3) is 5.91 Å². The van der Waals surface area contributed by atoms with Crippen LogP contribution in [0.1, 0.15) is 12.0 Å². The summed E-state index contributed by atoms with van der Waals surface area (Å²) in [4.78, 5) is 25.0. The molecule has 2 aromatic carbocycles. The van der Waals surface area contributed by atoms with E-state index in [1.54, 1.807) is 36.4 Å². The smallest absolute Gasteiger partial charge is 0.307 e. The molecule has 6 heteroatoms. The topological polar surface area (TPSA) is 66.8 Å². The summed E-state index contributed by atoms with van der Waals surface area (Å²) in [5.74, 6) is -1.42. The maximum atomic E-state index is 13.0. The summed E-state index contributed by atoms with van der Waals surface area (Å²) >= 11 is 0. The number of rotatable bonds is 4. The Morgan fingerprint density at radius 2 is 1.87 bits per heavy atom. The molecule has 1 heterocycles. The number of nitrogens with zero attached hydrogens (tertiary/aromatic N) is 1. The summed E-state index contributed by atoms with van der Waals surface area (Å²) in [6, 6.07) is 12.8. The highest BCUT2D eigenvalue weighted by atomic mass is 19.1. The van der Waals surface area contributed by atoms with E-state index in [1.807, 2.05) is 0 Å². The van der Waals surface area contributed by atoms with E-state index in [0.717, 1.165) is 5.56 Å². The van der Waals surface area contributed by atoms with Gasteiger partial charge >= 0.3 is 5.97 Å². The largest absolute Gasteiger partial charge is 0.481 e. The monoisotopic (exact) mass is 315 g/mol. The summed E-state index contributed by atoms with van der Waals surface area (Å²) in [5.41, 5.74) is 1.31. The van der Waals surface area contributed by atoms with Gasteiger partial charge in [0.2, 0.25) is 0 Å². The van der Waals surface area contributed by atoms with Gasteiger partial charge in [0.05, 0.1) is 18.7 Å². The Balaban J connectivity index is 1.93. The number of para-hydroxylation sites is 2. The average molecular weight is 315 g/mol. The molecule has 1 atom stereocenters. The molecule has 0 fully saturated rings. The minimum Gasteiger partial charge on any atom is -0.481 e. The van der Waals surface area contributed by atoms with Gasteiger partial charge in [-0.15, -0.1) is 0 Å². The Labute approximate surface area is 131 Å². The molecule has 0 aromatic heterocycles. The fourth-order valence-corrected chi connectivity index (χ4v) is 2.50. The van der Waals surface area contributed by atoms with Crippen molar-refractivity contribution < 1.29 is 23.8 Å². The Bertz CT molecular complexity index is 745. The van der Waals surface area contributed by atoms with Crippen molar-refractivity contribution in [1.82, 2.24) is 0 Å². The van der Waals surface area contributed by atoms with Gasteiger partial charge in [0, 0.05) is 0 Å². The van der Waals surface area contributed by atoms with Crippen molar-refractivity contribution in [1.29, 1.82) is 0 Å². The van der Waals surface area contributed by atoms with Gasteiger partial charge in [-0.05, 0) is 29.8 Å². The Kier molecular flexibility index (Phi) is 3.97. The Hall–Kier alpha value is -2.89. The molecule has 0 saturated heterocycles. The first-order valence-electron chi connectivity index (χ1n) is 7.08. The molecule has 23 heavy (non-hydrogen) atoms. The van der Waals surface area contributed by atoms with E-state index in [0.29, 0.717) is 11.4 Å². The van der Waals surface area contributed by atoms with Crippen molar-refractivity contribution in [3.63, 3.8) is 0 Å². The van der Waals surface area contributed by atoms with E-state index in [2.05, 4.69) is 0 Å². The molecule has 0 spiro atoms. The third kappa shape index (κ3) is 3.15. The van der Waals surface area contributed by atoms with Gasteiger partial charge in [-0.1, -0.05) is 24.3 Å². The van der Waals surface area contributed by atoms with Gasteiger partial charge in [-0.3, -0.25) is 9.59 Å². The fraction of sp³-hybridized carbons (Fsp3) is 0.176. The van der Waals surface area contributed by atoms with Crippen LogP contribution in [0.3, 0.4) is 0 Å². The summed E-state index contributed by atoms with van der Waals surface area (Å²) in [7, 11) is 0. The quantitative estimate of drug-likeness (QED) is 0.942. The Morgan fingerprint density at radius 1 is 1.17 bits per heavy atom. The number of ether oxygens (including phenoxy) is 1. The first-order chi connectivity index (χ1) is 11.0. The lowest BCUT2D eigenvalue weighted by Gasteiger charge is -2.34. The van der Waals surface area contributed by atoms with Crippen LogP contribution in [-0.2, 0) is 16.1 Å². The van der Waals surface area contributed by atoms with E-state index < -0.39 is 24.4 Å². The molecule has 2 aromatic rings. The van der Waals surface area contributed by atoms with Crippen LogP contribution < -0.4 is 9.64 Å². The maximum Gasteiger partial charge on any atom is 0.307 e. The second-order valence-electron chi connectivity index (χ2n) is 5.22. The number of anilines is 1. The van der Waals surface area contributed by atoms with Crippen molar-refractivity contribution in [2.75, 3.05) is 4.90 Å². The van der Waals surface area contributed by atoms with Crippen molar-refractivity contribution in [2.24, 2.45) is 0 Å². The number of carbonyl (C=O) groups is 2. The summed E-state index contributed by atoms with van der Waals surface area (Å²) in [6.45, 7) is 0.218. The van der Waals surface area contributed by atoms with Crippen LogP contribution >= 0.6 is 0 Å². The number of carboxylic acid groups (broad SMARTS) is 1. The predicted octanol–water partition coefficient (Wildman–Crippen LogP) is 2.59. The van der Waals surface area contributed by atoms with Gasteiger partial charge < -0.3 is 14.7 Å². The van der Waals surface area contributed by atoms with E-state index in [9.17, 15) is 14.0 Å². The number of amides is 1. The van der Waals surface area contributed by atoms with Crippen molar-refractivity contribution in [2.45, 2.75) is 19.1 Å². The number of hydrogen-bond donors (Lipinski definition) is 1. The highest BCUT2D eigenvalue weighted by Crippen LogP contribution is 2.35. The van der Waals surface area contributed by atoms with E-state index in [-0.39, 0.29) is 12.4 Å². The standard InChI is InChI=1S/C17H14FNO4/c18-12-7-5-11(6-8-12)10-19-13-3-1-2-4-14(13)23-15(17(19)22)9-16(20)21/h1-8,15H,9-10H2,(H,20,21). The van der Waals surface area contributed by atoms with Gasteiger partial charge in [-0.25, -0.2) is 4.39 Å². The lowest BCUT2D eigenvalue weighted by molar-refractivity contribution is -0.142. The normalized spacial score (nSPS) is 16.7. The minimum absolute atomic E-state index is 0.218. The molecule has 0 bridgehead atoms. The summed E-state index contributed by atoms with van der Waals surface area (Å²) in [6.07, 6.45) is -1.48. The molecular weight excluding hydrogens is 301 g/mol. The number of halogens is 1. The lowest BCUT2D eigenvalue weighted by atomic mass is 10.1. The molecule has 1 aliphatic rings. The van der Waals surface area contributed by atoms with Crippen LogP contribution in [0, 0.1) is 5.82 Å². The SMILES string of the molecule is O=C(O)CC1Oc2ccccc2N(Cc2ccc(F)cc2)C1=O. The van der Waals surface area contributed by atoms with E-state index in [4.69, 9.17) is 9.84 Å². The second-order valence-corrected chi connectivity index (χ2v) is 5.22. The van der Waals surface area contributed by atoms with Crippen LogP contribution in [0.5, 0.6) is 5.75 Å². The molecule has 0 saturated carbocycles. The molecule has 1 N–H and O–H groups in total. The van der Waals surface area contributed by atoms with Gasteiger partial charge in [0.1, 0.15) is 11.6 Å². The number of fused-ring (bicyclic) bond motifs is 1. The van der Waals surface area contributed by atoms with Gasteiger partial charge in [0.15, 0.2) is 6.10 Å². The highest BCUT2D eigenvalue weighted by molar-refractivity contribution is 6.01. The highest BCUT2D eigenvalue weighted by Gasteiger charge is 2.35. The van der Waals surface area contributed by atoms with Crippen molar-refractivity contribution in [3.8, 4) is 5.75 Å². The summed E-state index contributed by atoms with van der Waals surface area (Å²) in [5, 5.41) is 8.95. The molecule has 1 amide bonds. The molecule has 1 aliphatic heterocycles. The zero-order valence-electron chi connectivity index (χ0n) is 12.1. The minimum atomic E-state index is -1.11. The number of benzene rings is 2. The van der Waals surface area contributed by atoms with Gasteiger partial charge in [-0.2, -0.15) is 0 Å². The van der Waals surface area contributed by atoms with Crippen LogP contribution in [0.15, 0.2) is 48.5 Å². The molecule has 1 unspecified atom stereocenters. The first kappa shape index (κ1) is 15.0. The molecule has 5 nitrogen and oxygen atoms in total.